The molecule has 160 valence electrons. The van der Waals surface area contributed by atoms with Crippen molar-refractivity contribution in [2.45, 2.75) is 13.8 Å². The molecule has 0 saturated carbocycles. The normalized spacial score (nSPS) is 15.0. The van der Waals surface area contributed by atoms with Crippen LogP contribution in [-0.2, 0) is 0 Å². The van der Waals surface area contributed by atoms with Crippen LogP contribution in [0.1, 0.15) is 27.3 Å². The molecule has 0 spiro atoms. The second-order valence-corrected chi connectivity index (χ2v) is 7.84. The molecule has 2 aromatic carbocycles. The smallest absolute Gasteiger partial charge is 0.257 e. The summed E-state index contributed by atoms with van der Waals surface area (Å²) in [4.78, 5) is 17.5. The molecule has 1 aliphatic rings. The second kappa shape index (κ2) is 9.27. The molecule has 3 aromatic rings. The van der Waals surface area contributed by atoms with E-state index in [0.717, 1.165) is 31.0 Å². The topological polar surface area (TPSA) is 41.4 Å². The van der Waals surface area contributed by atoms with Crippen molar-refractivity contribution in [1.82, 2.24) is 19.6 Å². The van der Waals surface area contributed by atoms with E-state index in [2.05, 4.69) is 34.3 Å². The number of halogens is 1. The van der Waals surface area contributed by atoms with E-state index in [1.54, 1.807) is 16.8 Å². The zero-order valence-corrected chi connectivity index (χ0v) is 18.0. The Morgan fingerprint density at radius 3 is 2.35 bits per heavy atom. The SMILES string of the molecule is Cc1nn(-c2ccc(F)cc2)c(C)c1C(=O)N1CCN(C/C=C/c2ccccc2)CC1. The molecule has 0 radical (unpaired) electrons. The number of carbonyl (C=O) groups excluding carboxylic acids is 1. The predicted octanol–water partition coefficient (Wildman–Crippen LogP) is 4.10. The summed E-state index contributed by atoms with van der Waals surface area (Å²) in [6.07, 6.45) is 4.31. The van der Waals surface area contributed by atoms with Crippen molar-refractivity contribution in [3.63, 3.8) is 0 Å². The number of aryl methyl sites for hydroxylation is 1. The maximum atomic E-state index is 13.3. The summed E-state index contributed by atoms with van der Waals surface area (Å²) < 4.78 is 15.0. The van der Waals surface area contributed by atoms with Gasteiger partial charge < -0.3 is 4.90 Å². The van der Waals surface area contributed by atoms with E-state index in [9.17, 15) is 9.18 Å². The number of benzene rings is 2. The lowest BCUT2D eigenvalue weighted by Gasteiger charge is -2.34. The standard InChI is InChI=1S/C25H27FN4O/c1-19-24(20(2)30(27-19)23-12-10-22(26)11-13-23)25(31)29-17-15-28(16-18-29)14-6-9-21-7-4-3-5-8-21/h3-13H,14-18H2,1-2H3/b9-6+. The third kappa shape index (κ3) is 4.75. The molecule has 1 aliphatic heterocycles. The number of aromatic nitrogens is 2. The van der Waals surface area contributed by atoms with Gasteiger partial charge in [-0.25, -0.2) is 9.07 Å². The molecule has 0 atom stereocenters. The lowest BCUT2D eigenvalue weighted by molar-refractivity contribution is 0.0649. The van der Waals surface area contributed by atoms with Crippen molar-refractivity contribution in [3.8, 4) is 5.69 Å². The Bertz CT molecular complexity index is 1060. The first-order chi connectivity index (χ1) is 15.0. The Hall–Kier alpha value is -3.25. The molecule has 1 fully saturated rings. The first-order valence-corrected chi connectivity index (χ1v) is 10.6. The molecule has 4 rings (SSSR count). The Morgan fingerprint density at radius 1 is 1.00 bits per heavy atom. The molecule has 1 amide bonds. The summed E-state index contributed by atoms with van der Waals surface area (Å²) in [5.74, 6) is -0.277. The number of rotatable bonds is 5. The van der Waals surface area contributed by atoms with Crippen LogP contribution in [0.25, 0.3) is 11.8 Å². The van der Waals surface area contributed by atoms with Gasteiger partial charge >= 0.3 is 0 Å². The van der Waals surface area contributed by atoms with E-state index in [1.165, 1.54) is 17.7 Å². The van der Waals surface area contributed by atoms with Gasteiger partial charge in [-0.05, 0) is 43.7 Å². The highest BCUT2D eigenvalue weighted by Gasteiger charge is 2.27. The van der Waals surface area contributed by atoms with Gasteiger partial charge in [-0.15, -0.1) is 0 Å². The summed E-state index contributed by atoms with van der Waals surface area (Å²) in [5.41, 5.74) is 4.06. The number of carbonyl (C=O) groups is 1. The fourth-order valence-corrected chi connectivity index (χ4v) is 3.98. The molecule has 0 unspecified atom stereocenters. The van der Waals surface area contributed by atoms with E-state index >= 15 is 0 Å². The van der Waals surface area contributed by atoms with Crippen LogP contribution in [0.4, 0.5) is 4.39 Å². The molecule has 6 heteroatoms. The monoisotopic (exact) mass is 418 g/mol. The number of piperazine rings is 1. The molecule has 1 saturated heterocycles. The van der Waals surface area contributed by atoms with E-state index in [4.69, 9.17) is 0 Å². The van der Waals surface area contributed by atoms with Gasteiger partial charge in [0.25, 0.3) is 5.91 Å². The third-order valence-electron chi connectivity index (χ3n) is 5.71. The highest BCUT2D eigenvalue weighted by atomic mass is 19.1. The average molecular weight is 419 g/mol. The maximum absolute atomic E-state index is 13.3. The highest BCUT2D eigenvalue weighted by Crippen LogP contribution is 2.21. The number of nitrogens with zero attached hydrogens (tertiary/aromatic N) is 4. The predicted molar refractivity (Wildman–Crippen MR) is 121 cm³/mol. The van der Waals surface area contributed by atoms with Crippen molar-refractivity contribution in [2.24, 2.45) is 0 Å². The summed E-state index contributed by atoms with van der Waals surface area (Å²) in [7, 11) is 0. The second-order valence-electron chi connectivity index (χ2n) is 7.84. The summed E-state index contributed by atoms with van der Waals surface area (Å²) in [6, 6.07) is 16.4. The van der Waals surface area contributed by atoms with Gasteiger partial charge in [-0.2, -0.15) is 5.10 Å². The van der Waals surface area contributed by atoms with Crippen LogP contribution < -0.4 is 0 Å². The summed E-state index contributed by atoms with van der Waals surface area (Å²) in [6.45, 7) is 7.69. The third-order valence-corrected chi connectivity index (χ3v) is 5.71. The maximum Gasteiger partial charge on any atom is 0.257 e. The first-order valence-electron chi connectivity index (χ1n) is 10.6. The van der Waals surface area contributed by atoms with Crippen molar-refractivity contribution < 1.29 is 9.18 Å². The van der Waals surface area contributed by atoms with Gasteiger partial charge in [0.2, 0.25) is 0 Å². The van der Waals surface area contributed by atoms with Gasteiger partial charge in [-0.3, -0.25) is 9.69 Å². The molecule has 1 aromatic heterocycles. The minimum Gasteiger partial charge on any atom is -0.336 e. The molecular formula is C25H27FN4O. The van der Waals surface area contributed by atoms with E-state index in [-0.39, 0.29) is 11.7 Å². The number of hydrogen-bond acceptors (Lipinski definition) is 3. The zero-order valence-electron chi connectivity index (χ0n) is 18.0. The Kier molecular flexibility index (Phi) is 6.28. The van der Waals surface area contributed by atoms with E-state index in [0.29, 0.717) is 24.3 Å². The summed E-state index contributed by atoms with van der Waals surface area (Å²) >= 11 is 0. The molecule has 5 nitrogen and oxygen atoms in total. The van der Waals surface area contributed by atoms with Crippen LogP contribution in [0.15, 0.2) is 60.7 Å². The van der Waals surface area contributed by atoms with E-state index < -0.39 is 0 Å². The molecule has 0 N–H and O–H groups in total. The Balaban J connectivity index is 1.39. The zero-order chi connectivity index (χ0) is 21.8. The quantitative estimate of drug-likeness (QED) is 0.627. The van der Waals surface area contributed by atoms with E-state index in [1.807, 2.05) is 36.9 Å². The fraction of sp³-hybridized carbons (Fsp3) is 0.280. The van der Waals surface area contributed by atoms with Crippen molar-refractivity contribution in [3.05, 3.63) is 89.0 Å². The Morgan fingerprint density at radius 2 is 1.68 bits per heavy atom. The van der Waals surface area contributed by atoms with Crippen molar-refractivity contribution in [2.75, 3.05) is 32.7 Å². The van der Waals surface area contributed by atoms with Crippen LogP contribution in [0.5, 0.6) is 0 Å². The van der Waals surface area contributed by atoms with Crippen LogP contribution in [0.2, 0.25) is 0 Å². The average Bonchev–Trinajstić information content (AvgIpc) is 3.09. The minimum absolute atomic E-state index is 0.0165. The van der Waals surface area contributed by atoms with Crippen LogP contribution in [0, 0.1) is 19.7 Å². The van der Waals surface area contributed by atoms with Crippen LogP contribution in [-0.4, -0.2) is 58.2 Å². The lowest BCUT2D eigenvalue weighted by Crippen LogP contribution is -2.48. The molecule has 0 bridgehead atoms. The molecule has 31 heavy (non-hydrogen) atoms. The summed E-state index contributed by atoms with van der Waals surface area (Å²) in [5, 5.41) is 4.54. The largest absolute Gasteiger partial charge is 0.336 e. The number of amides is 1. The van der Waals surface area contributed by atoms with Gasteiger partial charge in [-0.1, -0.05) is 42.5 Å². The fourth-order valence-electron chi connectivity index (χ4n) is 3.98. The lowest BCUT2D eigenvalue weighted by atomic mass is 10.1. The first kappa shape index (κ1) is 21.0. The molecule has 0 aliphatic carbocycles. The van der Waals surface area contributed by atoms with Crippen LogP contribution >= 0.6 is 0 Å². The van der Waals surface area contributed by atoms with Gasteiger partial charge in [0, 0.05) is 32.7 Å². The number of hydrogen-bond donors (Lipinski definition) is 0. The minimum atomic E-state index is -0.293. The van der Waals surface area contributed by atoms with Crippen molar-refractivity contribution >= 4 is 12.0 Å². The highest BCUT2D eigenvalue weighted by molar-refractivity contribution is 5.96. The molecule has 2 heterocycles. The van der Waals surface area contributed by atoms with Gasteiger partial charge in [0.1, 0.15) is 5.82 Å². The Labute approximate surface area is 182 Å². The van der Waals surface area contributed by atoms with Crippen LogP contribution in [0.3, 0.4) is 0 Å². The van der Waals surface area contributed by atoms with Gasteiger partial charge in [0.15, 0.2) is 0 Å². The van der Waals surface area contributed by atoms with Gasteiger partial charge in [0.05, 0.1) is 22.6 Å². The van der Waals surface area contributed by atoms with Crippen molar-refractivity contribution in [1.29, 1.82) is 0 Å². The molecular weight excluding hydrogens is 391 g/mol.